The molecule has 0 aromatic heterocycles. The number of carbonyl (C=O) groups excluding carboxylic acids is 2. The fourth-order valence-corrected chi connectivity index (χ4v) is 2.25. The highest BCUT2D eigenvalue weighted by Crippen LogP contribution is 2.36. The predicted octanol–water partition coefficient (Wildman–Crippen LogP) is 2.16. The lowest BCUT2D eigenvalue weighted by atomic mass is 10.0. The van der Waals surface area contributed by atoms with E-state index in [-0.39, 0.29) is 12.2 Å². The van der Waals surface area contributed by atoms with Gasteiger partial charge in [0.05, 0.1) is 7.11 Å². The van der Waals surface area contributed by atoms with Gasteiger partial charge in [0, 0.05) is 16.8 Å². The molecule has 1 unspecified atom stereocenters. The molecule has 2 N–H and O–H groups in total. The Labute approximate surface area is 132 Å². The van der Waals surface area contributed by atoms with Crippen molar-refractivity contribution in [3.8, 4) is 11.5 Å². The van der Waals surface area contributed by atoms with Crippen molar-refractivity contribution in [3.63, 3.8) is 0 Å². The van der Waals surface area contributed by atoms with Gasteiger partial charge in [0.2, 0.25) is 0 Å². The van der Waals surface area contributed by atoms with Crippen LogP contribution in [-0.2, 0) is 9.53 Å². The lowest BCUT2D eigenvalue weighted by Crippen LogP contribution is -2.22. The van der Waals surface area contributed by atoms with E-state index in [0.717, 1.165) is 0 Å². The van der Waals surface area contributed by atoms with E-state index < -0.39 is 12.3 Å². The number of nitrogen functional groups attached to an aromatic ring is 1. The first kappa shape index (κ1) is 14.9. The lowest BCUT2D eigenvalue weighted by Gasteiger charge is -2.07. The minimum atomic E-state index is -0.737. The second-order valence-corrected chi connectivity index (χ2v) is 5.06. The third-order valence-electron chi connectivity index (χ3n) is 3.46. The van der Waals surface area contributed by atoms with E-state index in [4.69, 9.17) is 15.2 Å². The first-order valence-corrected chi connectivity index (χ1v) is 7.01. The number of hydrogen-bond donors (Lipinski definition) is 1. The van der Waals surface area contributed by atoms with Crippen molar-refractivity contribution < 1.29 is 23.8 Å². The fraction of sp³-hybridized carbons (Fsp3) is 0.176. The van der Waals surface area contributed by atoms with Gasteiger partial charge in [0.15, 0.2) is 17.3 Å². The summed E-state index contributed by atoms with van der Waals surface area (Å²) in [6, 6.07) is 11.6. The van der Waals surface area contributed by atoms with Crippen molar-refractivity contribution in [2.24, 2.45) is 0 Å². The second-order valence-electron chi connectivity index (χ2n) is 5.06. The van der Waals surface area contributed by atoms with E-state index in [9.17, 15) is 9.59 Å². The fourth-order valence-electron chi connectivity index (χ4n) is 2.25. The summed E-state index contributed by atoms with van der Waals surface area (Å²) < 4.78 is 15.6. The third kappa shape index (κ3) is 3.11. The molecule has 1 aliphatic rings. The summed E-state index contributed by atoms with van der Waals surface area (Å²) in [5, 5.41) is 0. The second kappa shape index (κ2) is 6.00. The number of anilines is 1. The molecule has 1 aliphatic heterocycles. The Morgan fingerprint density at radius 2 is 1.70 bits per heavy atom. The maximum atomic E-state index is 12.5. The molecule has 118 valence electrons. The summed E-state index contributed by atoms with van der Waals surface area (Å²) in [5.74, 6) is 0.349. The van der Waals surface area contributed by atoms with Crippen molar-refractivity contribution in [1.82, 2.24) is 0 Å². The molecular formula is C17H15NO5. The molecule has 0 fully saturated rings. The van der Waals surface area contributed by atoms with E-state index in [1.54, 1.807) is 42.5 Å². The lowest BCUT2D eigenvalue weighted by molar-refractivity contribution is -0.145. The predicted molar refractivity (Wildman–Crippen MR) is 82.4 cm³/mol. The van der Waals surface area contributed by atoms with Crippen molar-refractivity contribution in [2.75, 3.05) is 12.8 Å². The molecule has 0 spiro atoms. The van der Waals surface area contributed by atoms with E-state index in [0.29, 0.717) is 28.3 Å². The van der Waals surface area contributed by atoms with E-state index in [1.165, 1.54) is 7.11 Å². The third-order valence-corrected chi connectivity index (χ3v) is 3.46. The zero-order valence-electron chi connectivity index (χ0n) is 12.4. The number of ether oxygens (including phenoxy) is 3. The molecule has 2 aromatic carbocycles. The monoisotopic (exact) mass is 313 g/mol. The zero-order chi connectivity index (χ0) is 16.4. The summed E-state index contributed by atoms with van der Waals surface area (Å²) >= 11 is 0. The van der Waals surface area contributed by atoms with Gasteiger partial charge in [0.1, 0.15) is 6.42 Å². The maximum absolute atomic E-state index is 12.5. The SMILES string of the molecule is COC(=O)CC1Oc2ccc(C(=O)c3ccc(N)cc3)cc2O1. The number of nitrogens with two attached hydrogens (primary N) is 1. The van der Waals surface area contributed by atoms with Gasteiger partial charge < -0.3 is 19.9 Å². The summed E-state index contributed by atoms with van der Waals surface area (Å²) in [4.78, 5) is 23.7. The Hall–Kier alpha value is -3.02. The molecule has 0 aliphatic carbocycles. The van der Waals surface area contributed by atoms with Gasteiger partial charge in [-0.25, -0.2) is 0 Å². The number of hydrogen-bond acceptors (Lipinski definition) is 6. The number of esters is 1. The van der Waals surface area contributed by atoms with Crippen LogP contribution in [0.4, 0.5) is 5.69 Å². The summed E-state index contributed by atoms with van der Waals surface area (Å²) in [7, 11) is 1.30. The Morgan fingerprint density at radius 3 is 2.39 bits per heavy atom. The molecule has 23 heavy (non-hydrogen) atoms. The minimum Gasteiger partial charge on any atom is -0.469 e. The standard InChI is InChI=1S/C17H15NO5/c1-21-15(19)9-16-22-13-7-4-11(8-14(13)23-16)17(20)10-2-5-12(18)6-3-10/h2-8,16H,9,18H2,1H3. The Morgan fingerprint density at radius 1 is 1.04 bits per heavy atom. The van der Waals surface area contributed by atoms with Gasteiger partial charge >= 0.3 is 5.97 Å². The van der Waals surface area contributed by atoms with Crippen molar-refractivity contribution >= 4 is 17.4 Å². The quantitative estimate of drug-likeness (QED) is 0.529. The van der Waals surface area contributed by atoms with Crippen LogP contribution in [0.3, 0.4) is 0 Å². The first-order valence-electron chi connectivity index (χ1n) is 7.01. The van der Waals surface area contributed by atoms with E-state index in [2.05, 4.69) is 4.74 Å². The number of carbonyl (C=O) groups is 2. The van der Waals surface area contributed by atoms with Crippen LogP contribution in [0.15, 0.2) is 42.5 Å². The molecule has 6 heteroatoms. The molecular weight excluding hydrogens is 298 g/mol. The van der Waals surface area contributed by atoms with E-state index >= 15 is 0 Å². The first-order chi connectivity index (χ1) is 11.1. The maximum Gasteiger partial charge on any atom is 0.313 e. The van der Waals surface area contributed by atoms with Crippen LogP contribution in [0.25, 0.3) is 0 Å². The largest absolute Gasteiger partial charge is 0.469 e. The highest BCUT2D eigenvalue weighted by molar-refractivity contribution is 6.09. The van der Waals surface area contributed by atoms with Gasteiger partial charge in [-0.3, -0.25) is 9.59 Å². The number of ketones is 1. The van der Waals surface area contributed by atoms with Gasteiger partial charge in [-0.2, -0.15) is 0 Å². The highest BCUT2D eigenvalue weighted by atomic mass is 16.7. The molecule has 6 nitrogen and oxygen atoms in total. The highest BCUT2D eigenvalue weighted by Gasteiger charge is 2.27. The Kier molecular flexibility index (Phi) is 3.89. The number of fused-ring (bicyclic) bond motifs is 1. The number of benzene rings is 2. The smallest absolute Gasteiger partial charge is 0.313 e. The van der Waals surface area contributed by atoms with Gasteiger partial charge in [0.25, 0.3) is 6.29 Å². The van der Waals surface area contributed by atoms with Crippen LogP contribution in [0, 0.1) is 0 Å². The topological polar surface area (TPSA) is 87.9 Å². The molecule has 1 atom stereocenters. The molecule has 0 saturated heterocycles. The molecule has 0 bridgehead atoms. The van der Waals surface area contributed by atoms with Crippen LogP contribution in [0.5, 0.6) is 11.5 Å². The minimum absolute atomic E-state index is 0.0214. The van der Waals surface area contributed by atoms with Gasteiger partial charge in [-0.1, -0.05) is 0 Å². The van der Waals surface area contributed by atoms with Crippen molar-refractivity contribution in [3.05, 3.63) is 53.6 Å². The van der Waals surface area contributed by atoms with Crippen LogP contribution in [0.2, 0.25) is 0 Å². The van der Waals surface area contributed by atoms with Crippen LogP contribution in [-0.4, -0.2) is 25.2 Å². The zero-order valence-corrected chi connectivity index (χ0v) is 12.4. The number of methoxy groups -OCH3 is 1. The number of rotatable bonds is 4. The Balaban J connectivity index is 1.78. The van der Waals surface area contributed by atoms with Crippen LogP contribution in [0.1, 0.15) is 22.3 Å². The van der Waals surface area contributed by atoms with Gasteiger partial charge in [-0.15, -0.1) is 0 Å². The molecule has 0 saturated carbocycles. The van der Waals surface area contributed by atoms with E-state index in [1.807, 2.05) is 0 Å². The summed E-state index contributed by atoms with van der Waals surface area (Å²) in [6.45, 7) is 0. The summed E-state index contributed by atoms with van der Waals surface area (Å²) in [6.07, 6.45) is -0.758. The molecule has 2 aromatic rings. The van der Waals surface area contributed by atoms with Crippen molar-refractivity contribution in [1.29, 1.82) is 0 Å². The normalized spacial score (nSPS) is 15.3. The molecule has 0 amide bonds. The van der Waals surface area contributed by atoms with Crippen LogP contribution >= 0.6 is 0 Å². The summed E-state index contributed by atoms with van der Waals surface area (Å²) in [5.41, 5.74) is 7.22. The average Bonchev–Trinajstić information content (AvgIpc) is 2.96. The molecule has 0 radical (unpaired) electrons. The van der Waals surface area contributed by atoms with Crippen molar-refractivity contribution in [2.45, 2.75) is 12.7 Å². The Bertz CT molecular complexity index is 754. The average molecular weight is 313 g/mol. The van der Waals surface area contributed by atoms with Gasteiger partial charge in [-0.05, 0) is 42.5 Å². The molecule has 3 rings (SSSR count). The molecule has 1 heterocycles. The van der Waals surface area contributed by atoms with Crippen LogP contribution < -0.4 is 15.2 Å².